The zero-order valence-electron chi connectivity index (χ0n) is 71.4. The molecule has 6 aromatic carbocycles. The SMILES string of the molecule is COc1ccccc1C(Cn1c(=O)n(-c2cc(C)ccc2F)c(=O)c2c(C)c(-c3ncco3)sc21)OC1CCOCC1.COc1ccccc1C(Cn1c(=O)n(-c2ccc(C)cc2OC)c(=O)c2c(C)c(-c3ncco3)sc21)OC1CCOCC1.COc1ccccc1C(Cn1c(=O)n(-c2cccc(C)c2F)c(=O)c2c(C)c(-c3ncco3)sc21)OC1CCOCC1. The van der Waals surface area contributed by atoms with Gasteiger partial charge in [-0.1, -0.05) is 78.9 Å². The molecule has 3 unspecified atom stereocenters. The number of methoxy groups -OCH3 is 4. The van der Waals surface area contributed by atoms with Crippen molar-refractivity contribution in [3.05, 3.63) is 289 Å². The van der Waals surface area contributed by atoms with E-state index in [1.807, 2.05) is 92.7 Å². The molecule has 0 N–H and O–H groups in total. The van der Waals surface area contributed by atoms with Crippen molar-refractivity contribution in [2.45, 2.75) is 136 Å². The molecule has 3 atom stereocenters. The summed E-state index contributed by atoms with van der Waals surface area (Å²) < 4.78 is 114. The highest BCUT2D eigenvalue weighted by Crippen LogP contribution is 2.43. The Bertz CT molecular complexity index is 6650. The molecule has 0 radical (unpaired) electrons. The summed E-state index contributed by atoms with van der Waals surface area (Å²) in [6.07, 6.45) is 11.2. The van der Waals surface area contributed by atoms with Gasteiger partial charge in [0.25, 0.3) is 16.7 Å². The van der Waals surface area contributed by atoms with E-state index in [2.05, 4.69) is 15.0 Å². The molecule has 33 heteroatoms. The van der Waals surface area contributed by atoms with Crippen molar-refractivity contribution in [3.8, 4) is 72.4 Å². The first-order valence-electron chi connectivity index (χ1n) is 41.5. The Balaban J connectivity index is 0.000000140. The fourth-order valence-corrected chi connectivity index (χ4v) is 20.1. The van der Waals surface area contributed by atoms with E-state index < -0.39 is 63.7 Å². The lowest BCUT2D eigenvalue weighted by molar-refractivity contribution is -0.0755. The van der Waals surface area contributed by atoms with Gasteiger partial charge in [0.1, 0.15) is 86.2 Å². The molecule has 0 aliphatic carbocycles. The number of ether oxygens (including phenoxy) is 10. The maximum atomic E-state index is 15.5. The van der Waals surface area contributed by atoms with Crippen molar-refractivity contribution in [3.63, 3.8) is 0 Å². The standard InChI is InChI=1S/C32H33N3O7S.2C31H30FN3O6S/c1-19-9-10-23(25(17-19)39-4)35-30(36)27-20(2)28(29-33-13-16-41-29)43-31(27)34(32(35)37)18-26(42-21-11-14-40-15-12-21)22-7-5-6-8-24(22)38-3;1-18-7-6-9-22(26(18)32)35-29(36)25-19(2)27(28-33-13-16-40-28)42-30(25)34(31(35)37)17-24(41-20-11-14-39-15-12-20)21-8-4-5-10-23(21)38-3;1-18-8-9-22(32)23(16-18)35-29(36)26-19(2)27(28-33-12-15-40-28)42-30(26)34(31(35)37)17-25(41-20-10-13-39-14-11-20)21-6-4-5-7-24(21)38-3/h5-10,13,16-17,21,26H,11-12,14-15,18H2,1-4H3;4-10,13,16,20,24H,11-12,14-15,17H2,1-3H3;4-9,12,15-16,20,25H,10-11,13-14,17H2,1-3H3. The van der Waals surface area contributed by atoms with Crippen molar-refractivity contribution in [2.75, 3.05) is 68.1 Å². The third-order valence-electron chi connectivity index (χ3n) is 22.9. The van der Waals surface area contributed by atoms with Gasteiger partial charge in [-0.3, -0.25) is 28.1 Å². The summed E-state index contributed by atoms with van der Waals surface area (Å²) in [4.78, 5) is 102. The molecule has 3 aliphatic rings. The molecule has 3 fully saturated rings. The second kappa shape index (κ2) is 38.9. The van der Waals surface area contributed by atoms with Crippen LogP contribution in [-0.2, 0) is 48.1 Å². The third-order valence-corrected chi connectivity index (χ3v) is 26.8. The number of aromatic nitrogens is 9. The molecule has 127 heavy (non-hydrogen) atoms. The lowest BCUT2D eigenvalue weighted by atomic mass is 10.1. The van der Waals surface area contributed by atoms with E-state index in [0.717, 1.165) is 44.2 Å². The number of para-hydroxylation sites is 3. The van der Waals surface area contributed by atoms with E-state index in [1.54, 1.807) is 90.1 Å². The van der Waals surface area contributed by atoms with Crippen LogP contribution in [0.1, 0.15) is 107 Å². The first-order valence-corrected chi connectivity index (χ1v) is 43.9. The van der Waals surface area contributed by atoms with Crippen LogP contribution in [0.2, 0.25) is 0 Å². The van der Waals surface area contributed by atoms with Crippen LogP contribution >= 0.6 is 34.0 Å². The molecule has 28 nitrogen and oxygen atoms in total. The minimum atomic E-state index is -0.675. The van der Waals surface area contributed by atoms with Crippen molar-refractivity contribution in [1.29, 1.82) is 0 Å². The van der Waals surface area contributed by atoms with E-state index in [0.29, 0.717) is 185 Å². The number of thiophene rings is 3. The van der Waals surface area contributed by atoms with Crippen LogP contribution in [0.25, 0.3) is 80.0 Å². The van der Waals surface area contributed by atoms with Gasteiger partial charge in [-0.15, -0.1) is 34.0 Å². The Hall–Kier alpha value is -12.3. The Morgan fingerprint density at radius 1 is 0.394 bits per heavy atom. The number of aryl methyl sites for hydroxylation is 6. The number of halogens is 2. The largest absolute Gasteiger partial charge is 0.496 e. The molecule has 3 aliphatic heterocycles. The van der Waals surface area contributed by atoms with E-state index in [1.165, 1.54) is 104 Å². The summed E-state index contributed by atoms with van der Waals surface area (Å²) in [5.74, 6) is 2.04. The normalized spacial score (nSPS) is 14.8. The smallest absolute Gasteiger partial charge is 0.336 e. The minimum Gasteiger partial charge on any atom is -0.496 e. The third kappa shape index (κ3) is 17.9. The second-order valence-electron chi connectivity index (χ2n) is 30.9. The first kappa shape index (κ1) is 88.1. The maximum absolute atomic E-state index is 15.5. The predicted molar refractivity (Wildman–Crippen MR) is 478 cm³/mol. The zero-order chi connectivity index (χ0) is 88.8. The number of oxazole rings is 3. The van der Waals surface area contributed by atoms with Gasteiger partial charge in [0, 0.05) is 56.3 Å². The summed E-state index contributed by atoms with van der Waals surface area (Å²) in [6.45, 7) is 14.5. The van der Waals surface area contributed by atoms with Crippen LogP contribution in [-0.4, -0.2) is 129 Å². The monoisotopic (exact) mass is 1790 g/mol. The molecule has 0 spiro atoms. The highest BCUT2D eigenvalue weighted by atomic mass is 32.1. The molecule has 660 valence electrons. The topological polar surface area (TPSA) is 302 Å². The van der Waals surface area contributed by atoms with E-state index in [9.17, 15) is 28.8 Å². The lowest BCUT2D eigenvalue weighted by Gasteiger charge is -2.29. The summed E-state index contributed by atoms with van der Waals surface area (Å²) in [7, 11) is 6.31. The van der Waals surface area contributed by atoms with Gasteiger partial charge >= 0.3 is 17.1 Å². The quantitative estimate of drug-likeness (QED) is 0.0513. The first-order chi connectivity index (χ1) is 61.7. The molecule has 9 aromatic heterocycles. The van der Waals surface area contributed by atoms with Gasteiger partial charge in [-0.2, -0.15) is 0 Å². The Morgan fingerprint density at radius 2 is 0.732 bits per heavy atom. The van der Waals surface area contributed by atoms with Crippen LogP contribution in [0.5, 0.6) is 23.0 Å². The number of nitrogens with zero attached hydrogens (tertiary/aromatic N) is 9. The van der Waals surface area contributed by atoms with Gasteiger partial charge < -0.3 is 60.6 Å². The molecule has 0 saturated carbocycles. The lowest BCUT2D eigenvalue weighted by Crippen LogP contribution is -2.40. The van der Waals surface area contributed by atoms with Crippen LogP contribution in [0.3, 0.4) is 0 Å². The number of hydrogen-bond acceptors (Lipinski definition) is 25. The zero-order valence-corrected chi connectivity index (χ0v) is 73.9. The average Bonchev–Trinajstić information content (AvgIpc) is 1.62. The summed E-state index contributed by atoms with van der Waals surface area (Å²) in [5.41, 5.74) is 2.80. The van der Waals surface area contributed by atoms with Crippen LogP contribution in [0.4, 0.5) is 8.78 Å². The van der Waals surface area contributed by atoms with Crippen LogP contribution < -0.4 is 52.7 Å². The van der Waals surface area contributed by atoms with Crippen LogP contribution in [0, 0.1) is 53.2 Å². The molecule has 15 aromatic rings. The van der Waals surface area contributed by atoms with Gasteiger partial charge in [-0.25, -0.2) is 51.8 Å². The fourth-order valence-electron chi connectivity index (χ4n) is 16.4. The van der Waals surface area contributed by atoms with Crippen LogP contribution in [0.15, 0.2) is 207 Å². The predicted octanol–water partition coefficient (Wildman–Crippen LogP) is 16.6. The molecule has 3 saturated heterocycles. The summed E-state index contributed by atoms with van der Waals surface area (Å²) in [6, 6.07) is 37.0. The van der Waals surface area contributed by atoms with Crippen molar-refractivity contribution in [2.24, 2.45) is 0 Å². The van der Waals surface area contributed by atoms with Gasteiger partial charge in [0.2, 0.25) is 17.7 Å². The van der Waals surface area contributed by atoms with E-state index in [-0.39, 0.29) is 49.3 Å². The summed E-state index contributed by atoms with van der Waals surface area (Å²) >= 11 is 3.77. The minimum absolute atomic E-state index is 0.0474. The Morgan fingerprint density at radius 3 is 1.09 bits per heavy atom. The number of fused-ring (bicyclic) bond motifs is 3. The van der Waals surface area contributed by atoms with Crippen molar-refractivity contribution in [1.82, 2.24) is 42.4 Å². The molecule has 12 heterocycles. The molecule has 0 bridgehead atoms. The van der Waals surface area contributed by atoms with E-state index in [4.69, 9.17) is 60.6 Å². The van der Waals surface area contributed by atoms with Gasteiger partial charge in [0.05, 0.1) is 133 Å². The van der Waals surface area contributed by atoms with Crippen molar-refractivity contribution < 1.29 is 69.4 Å². The second-order valence-corrected chi connectivity index (χ2v) is 33.9. The number of hydrogen-bond donors (Lipinski definition) is 0. The molecular formula is C94H93F2N9O19S3. The fraction of sp³-hybridized carbons (Fsp3) is 0.330. The summed E-state index contributed by atoms with van der Waals surface area (Å²) in [5, 5.41) is 0.988. The van der Waals surface area contributed by atoms with Gasteiger partial charge in [0.15, 0.2) is 0 Å². The van der Waals surface area contributed by atoms with Crippen molar-refractivity contribution >= 4 is 64.7 Å². The highest BCUT2D eigenvalue weighted by molar-refractivity contribution is 7.22. The Kier molecular flexibility index (Phi) is 27.0. The van der Waals surface area contributed by atoms with Gasteiger partial charge in [-0.05, 0) is 162 Å². The molecular weight excluding hydrogens is 1690 g/mol. The van der Waals surface area contributed by atoms with E-state index >= 15 is 8.78 Å². The number of benzene rings is 6. The molecule has 18 rings (SSSR count). The highest BCUT2D eigenvalue weighted by Gasteiger charge is 2.35. The Labute approximate surface area is 737 Å². The number of rotatable bonds is 25. The maximum Gasteiger partial charge on any atom is 0.336 e. The molecule has 0 amide bonds. The average molecular weight is 1790 g/mol.